The predicted octanol–water partition coefficient (Wildman–Crippen LogP) is 2.36. The first-order chi connectivity index (χ1) is 9.15. The van der Waals surface area contributed by atoms with Crippen LogP contribution >= 0.6 is 15.9 Å². The molecule has 1 aromatic heterocycles. The molecule has 0 aliphatic rings. The fourth-order valence-corrected chi connectivity index (χ4v) is 2.14. The number of nitrogens with one attached hydrogen (secondary N) is 1. The van der Waals surface area contributed by atoms with Gasteiger partial charge < -0.3 is 10.4 Å². The third-order valence-corrected chi connectivity index (χ3v) is 3.52. The van der Waals surface area contributed by atoms with E-state index in [0.717, 1.165) is 4.47 Å². The Morgan fingerprint density at radius 1 is 1.37 bits per heavy atom. The Hall–Kier alpha value is -1.17. The molecule has 4 nitrogen and oxygen atoms in total. The number of benzene rings is 1. The van der Waals surface area contributed by atoms with E-state index >= 15 is 0 Å². The first-order valence-electron chi connectivity index (χ1n) is 6.29. The average molecular weight is 324 g/mol. The van der Waals surface area contributed by atoms with Crippen LogP contribution in [0.25, 0.3) is 0 Å². The maximum atomic E-state index is 9.93. The van der Waals surface area contributed by atoms with Crippen molar-refractivity contribution >= 4 is 15.9 Å². The highest BCUT2D eigenvalue weighted by atomic mass is 79.9. The molecular weight excluding hydrogens is 306 g/mol. The Balaban J connectivity index is 1.79. The molecule has 1 heterocycles. The fraction of sp³-hybridized carbons (Fsp3) is 0.357. The van der Waals surface area contributed by atoms with Gasteiger partial charge in [0.15, 0.2) is 0 Å². The lowest BCUT2D eigenvalue weighted by Gasteiger charge is -2.17. The number of aliphatic hydroxyl groups excluding tert-OH is 1. The molecule has 2 N–H and O–H groups in total. The summed E-state index contributed by atoms with van der Waals surface area (Å²) in [5.41, 5.74) is 1.20. The molecule has 0 aliphatic heterocycles. The van der Waals surface area contributed by atoms with Crippen molar-refractivity contribution in [2.24, 2.45) is 0 Å². The third-order valence-electron chi connectivity index (χ3n) is 2.99. The van der Waals surface area contributed by atoms with Gasteiger partial charge in [0.05, 0.1) is 12.6 Å². The van der Waals surface area contributed by atoms with Gasteiger partial charge in [-0.3, -0.25) is 4.68 Å². The summed E-state index contributed by atoms with van der Waals surface area (Å²) in [5, 5.41) is 17.3. The Kier molecular flexibility index (Phi) is 5.13. The molecule has 0 radical (unpaired) electrons. The zero-order valence-electron chi connectivity index (χ0n) is 10.8. The molecule has 0 fully saturated rings. The van der Waals surface area contributed by atoms with Gasteiger partial charge in [-0.05, 0) is 30.7 Å². The molecular formula is C14H18BrN3O. The number of rotatable bonds is 6. The van der Waals surface area contributed by atoms with E-state index in [1.54, 1.807) is 10.9 Å². The zero-order valence-corrected chi connectivity index (χ0v) is 12.4. The van der Waals surface area contributed by atoms with Crippen LogP contribution in [0.2, 0.25) is 0 Å². The first-order valence-corrected chi connectivity index (χ1v) is 7.09. The molecule has 0 amide bonds. The van der Waals surface area contributed by atoms with Crippen molar-refractivity contribution in [3.8, 4) is 0 Å². The lowest BCUT2D eigenvalue weighted by molar-refractivity contribution is 0.143. The second-order valence-electron chi connectivity index (χ2n) is 4.56. The Morgan fingerprint density at radius 3 is 2.74 bits per heavy atom. The fourth-order valence-electron chi connectivity index (χ4n) is 1.87. The summed E-state index contributed by atoms with van der Waals surface area (Å²) in [6, 6.07) is 10.2. The van der Waals surface area contributed by atoms with Crippen LogP contribution in [0.15, 0.2) is 47.2 Å². The lowest BCUT2D eigenvalue weighted by Crippen LogP contribution is -2.32. The highest BCUT2D eigenvalue weighted by molar-refractivity contribution is 9.10. The van der Waals surface area contributed by atoms with Crippen LogP contribution in [0.4, 0.5) is 0 Å². The number of aromatic nitrogens is 2. The summed E-state index contributed by atoms with van der Waals surface area (Å²) in [6.45, 7) is 3.13. The van der Waals surface area contributed by atoms with Crippen LogP contribution in [0.3, 0.4) is 0 Å². The quantitative estimate of drug-likeness (QED) is 0.858. The minimum absolute atomic E-state index is 0.209. The second-order valence-corrected chi connectivity index (χ2v) is 5.48. The summed E-state index contributed by atoms with van der Waals surface area (Å²) in [7, 11) is 0. The molecule has 0 saturated heterocycles. The van der Waals surface area contributed by atoms with Crippen molar-refractivity contribution in [1.82, 2.24) is 15.1 Å². The highest BCUT2D eigenvalue weighted by Gasteiger charge is 2.09. The smallest absolute Gasteiger partial charge is 0.0860 e. The van der Waals surface area contributed by atoms with Crippen molar-refractivity contribution in [3.05, 3.63) is 52.8 Å². The normalized spacial score (nSPS) is 14.3. The van der Waals surface area contributed by atoms with Gasteiger partial charge in [-0.1, -0.05) is 28.1 Å². The van der Waals surface area contributed by atoms with Crippen molar-refractivity contribution in [1.29, 1.82) is 0 Å². The largest absolute Gasteiger partial charge is 0.390 e. The second kappa shape index (κ2) is 6.84. The molecule has 19 heavy (non-hydrogen) atoms. The van der Waals surface area contributed by atoms with Crippen molar-refractivity contribution in [2.75, 3.05) is 6.54 Å². The molecule has 0 aliphatic carbocycles. The summed E-state index contributed by atoms with van der Waals surface area (Å²) in [4.78, 5) is 0. The average Bonchev–Trinajstić information content (AvgIpc) is 2.89. The molecule has 0 bridgehead atoms. The van der Waals surface area contributed by atoms with Crippen molar-refractivity contribution in [2.45, 2.75) is 25.6 Å². The molecule has 5 heteroatoms. The first kappa shape index (κ1) is 14.2. The van der Waals surface area contributed by atoms with Gasteiger partial charge in [-0.15, -0.1) is 0 Å². The Morgan fingerprint density at radius 2 is 2.11 bits per heavy atom. The molecule has 0 spiro atoms. The predicted molar refractivity (Wildman–Crippen MR) is 78.8 cm³/mol. The van der Waals surface area contributed by atoms with E-state index < -0.39 is 6.10 Å². The standard InChI is InChI=1S/C14H18BrN3O/c1-11(12-3-5-13(15)6-4-12)16-9-14(19)10-18-8-2-7-17-18/h2-8,11,14,16,19H,9-10H2,1H3. The van der Waals surface area contributed by atoms with Crippen LogP contribution in [0.1, 0.15) is 18.5 Å². The summed E-state index contributed by atoms with van der Waals surface area (Å²) >= 11 is 3.42. The van der Waals surface area contributed by atoms with Gasteiger partial charge >= 0.3 is 0 Å². The molecule has 2 unspecified atom stereocenters. The molecule has 2 rings (SSSR count). The van der Waals surface area contributed by atoms with E-state index in [4.69, 9.17) is 0 Å². The van der Waals surface area contributed by atoms with E-state index in [9.17, 15) is 5.11 Å². The minimum Gasteiger partial charge on any atom is -0.390 e. The maximum absolute atomic E-state index is 9.93. The lowest BCUT2D eigenvalue weighted by atomic mass is 10.1. The number of halogens is 1. The highest BCUT2D eigenvalue weighted by Crippen LogP contribution is 2.16. The molecule has 102 valence electrons. The van der Waals surface area contributed by atoms with Crippen LogP contribution in [0.5, 0.6) is 0 Å². The van der Waals surface area contributed by atoms with E-state index in [2.05, 4.69) is 45.4 Å². The SMILES string of the molecule is CC(NCC(O)Cn1cccn1)c1ccc(Br)cc1. The van der Waals surface area contributed by atoms with E-state index in [0.29, 0.717) is 13.1 Å². The minimum atomic E-state index is -0.446. The topological polar surface area (TPSA) is 50.1 Å². The third kappa shape index (κ3) is 4.45. The van der Waals surface area contributed by atoms with Crippen LogP contribution in [-0.2, 0) is 6.54 Å². The zero-order chi connectivity index (χ0) is 13.7. The molecule has 2 aromatic rings. The van der Waals surface area contributed by atoms with Gasteiger partial charge in [0.1, 0.15) is 0 Å². The van der Waals surface area contributed by atoms with Crippen LogP contribution < -0.4 is 5.32 Å². The van der Waals surface area contributed by atoms with E-state index in [1.165, 1.54) is 5.56 Å². The summed E-state index contributed by atoms with van der Waals surface area (Å²) in [5.74, 6) is 0. The Labute approximate surface area is 121 Å². The van der Waals surface area contributed by atoms with Crippen LogP contribution in [0, 0.1) is 0 Å². The van der Waals surface area contributed by atoms with Crippen LogP contribution in [-0.4, -0.2) is 27.5 Å². The van der Waals surface area contributed by atoms with Gasteiger partial charge in [-0.2, -0.15) is 5.10 Å². The van der Waals surface area contributed by atoms with Crippen molar-refractivity contribution in [3.63, 3.8) is 0 Å². The maximum Gasteiger partial charge on any atom is 0.0860 e. The molecule has 1 aromatic carbocycles. The number of hydrogen-bond donors (Lipinski definition) is 2. The van der Waals surface area contributed by atoms with Crippen molar-refractivity contribution < 1.29 is 5.11 Å². The number of nitrogens with zero attached hydrogens (tertiary/aromatic N) is 2. The van der Waals surface area contributed by atoms with E-state index in [1.807, 2.05) is 24.4 Å². The number of hydrogen-bond acceptors (Lipinski definition) is 3. The van der Waals surface area contributed by atoms with Gasteiger partial charge in [-0.25, -0.2) is 0 Å². The Bertz CT molecular complexity index is 484. The number of aliphatic hydroxyl groups is 1. The van der Waals surface area contributed by atoms with Gasteiger partial charge in [0, 0.05) is 29.5 Å². The van der Waals surface area contributed by atoms with Gasteiger partial charge in [0.2, 0.25) is 0 Å². The van der Waals surface area contributed by atoms with Gasteiger partial charge in [0.25, 0.3) is 0 Å². The molecule has 0 saturated carbocycles. The summed E-state index contributed by atoms with van der Waals surface area (Å²) < 4.78 is 2.80. The monoisotopic (exact) mass is 323 g/mol. The summed E-state index contributed by atoms with van der Waals surface area (Å²) in [6.07, 6.45) is 3.11. The molecule has 2 atom stereocenters. The van der Waals surface area contributed by atoms with E-state index in [-0.39, 0.29) is 6.04 Å².